The average Bonchev–Trinajstić information content (AvgIpc) is 2.72. The Morgan fingerprint density at radius 3 is 1.97 bits per heavy atom. The Morgan fingerprint density at radius 2 is 1.40 bits per heavy atom. The molecule has 0 radical (unpaired) electrons. The summed E-state index contributed by atoms with van der Waals surface area (Å²) in [4.78, 5) is 12.7. The summed E-state index contributed by atoms with van der Waals surface area (Å²) in [5.74, 6) is -0.395. The first-order chi connectivity index (χ1) is 14.3. The molecular formula is C23H23ClN2O3S. The van der Waals surface area contributed by atoms with Crippen LogP contribution < -0.4 is 9.62 Å². The molecule has 156 valence electrons. The quantitative estimate of drug-likeness (QED) is 0.587. The summed E-state index contributed by atoms with van der Waals surface area (Å²) >= 11 is 5.90. The maximum Gasteiger partial charge on any atom is 0.264 e. The smallest absolute Gasteiger partial charge is 0.264 e. The minimum atomic E-state index is -3.95. The van der Waals surface area contributed by atoms with Gasteiger partial charge in [-0.15, -0.1) is 0 Å². The second-order valence-corrected chi connectivity index (χ2v) is 9.36. The molecule has 3 aromatic rings. The van der Waals surface area contributed by atoms with E-state index in [9.17, 15) is 13.2 Å². The Morgan fingerprint density at radius 1 is 0.867 bits per heavy atom. The van der Waals surface area contributed by atoms with Gasteiger partial charge in [0.05, 0.1) is 10.6 Å². The van der Waals surface area contributed by atoms with Gasteiger partial charge in [-0.1, -0.05) is 59.1 Å². The molecule has 1 N–H and O–H groups in total. The monoisotopic (exact) mass is 442 g/mol. The zero-order chi connectivity index (χ0) is 21.7. The molecular weight excluding hydrogens is 420 g/mol. The Hall–Kier alpha value is -2.83. The lowest BCUT2D eigenvalue weighted by atomic mass is 10.1. The number of aryl methyl sites for hydroxylation is 2. The Labute approximate surface area is 182 Å². The molecule has 0 aromatic heterocycles. The topological polar surface area (TPSA) is 66.5 Å². The van der Waals surface area contributed by atoms with Crippen LogP contribution in [0.3, 0.4) is 0 Å². The fourth-order valence-corrected chi connectivity index (χ4v) is 4.40. The third-order valence-corrected chi connectivity index (χ3v) is 6.66. The summed E-state index contributed by atoms with van der Waals surface area (Å²) in [5, 5.41) is 3.23. The van der Waals surface area contributed by atoms with Gasteiger partial charge in [-0.2, -0.15) is 0 Å². The molecule has 0 aliphatic heterocycles. The molecule has 0 spiro atoms. The molecule has 0 atom stereocenters. The number of carbonyl (C=O) groups is 1. The van der Waals surface area contributed by atoms with Gasteiger partial charge in [-0.3, -0.25) is 9.10 Å². The highest BCUT2D eigenvalue weighted by molar-refractivity contribution is 7.92. The maximum atomic E-state index is 13.3. The van der Waals surface area contributed by atoms with Gasteiger partial charge in [0.1, 0.15) is 6.54 Å². The zero-order valence-corrected chi connectivity index (χ0v) is 18.4. The molecule has 0 saturated heterocycles. The molecule has 7 heteroatoms. The zero-order valence-electron chi connectivity index (χ0n) is 16.8. The van der Waals surface area contributed by atoms with Crippen LogP contribution in [0.1, 0.15) is 16.7 Å². The molecule has 0 bridgehead atoms. The molecule has 1 amide bonds. The van der Waals surface area contributed by atoms with E-state index in [2.05, 4.69) is 5.32 Å². The van der Waals surface area contributed by atoms with E-state index in [1.165, 1.54) is 24.3 Å². The van der Waals surface area contributed by atoms with Gasteiger partial charge in [0.25, 0.3) is 10.0 Å². The lowest BCUT2D eigenvalue weighted by Crippen LogP contribution is -2.40. The number of sulfonamides is 1. The molecule has 0 heterocycles. The number of nitrogens with one attached hydrogen (secondary N) is 1. The van der Waals surface area contributed by atoms with E-state index >= 15 is 0 Å². The first kappa shape index (κ1) is 21.9. The number of carbonyl (C=O) groups excluding carboxylic acids is 1. The summed E-state index contributed by atoms with van der Waals surface area (Å²) in [6.45, 7) is 3.89. The van der Waals surface area contributed by atoms with Gasteiger partial charge in [-0.05, 0) is 55.8 Å². The second-order valence-electron chi connectivity index (χ2n) is 7.06. The Bertz CT molecular complexity index is 1110. The number of nitrogens with zero attached hydrogens (tertiary/aromatic N) is 1. The lowest BCUT2D eigenvalue weighted by molar-refractivity contribution is -0.119. The third kappa shape index (κ3) is 5.40. The van der Waals surface area contributed by atoms with Crippen molar-refractivity contribution in [3.05, 3.63) is 94.5 Å². The number of anilines is 1. The van der Waals surface area contributed by atoms with Crippen molar-refractivity contribution >= 4 is 33.2 Å². The maximum absolute atomic E-state index is 13.3. The molecule has 30 heavy (non-hydrogen) atoms. The van der Waals surface area contributed by atoms with Crippen LogP contribution in [-0.2, 0) is 21.4 Å². The van der Waals surface area contributed by atoms with E-state index in [1.54, 1.807) is 12.1 Å². The first-order valence-electron chi connectivity index (χ1n) is 9.43. The van der Waals surface area contributed by atoms with Gasteiger partial charge < -0.3 is 5.32 Å². The summed E-state index contributed by atoms with van der Waals surface area (Å²) < 4.78 is 27.7. The standard InChI is InChI=1S/C23H23ClN2O3S/c1-17-3-7-19(8-4-17)15-25-23(27)16-26(21-11-5-18(2)6-12-21)30(28,29)22-13-9-20(24)10-14-22/h3-14H,15-16H2,1-2H3,(H,25,27). The molecule has 5 nitrogen and oxygen atoms in total. The molecule has 0 saturated carbocycles. The van der Waals surface area contributed by atoms with Crippen molar-refractivity contribution in [2.24, 2.45) is 0 Å². The van der Waals surface area contributed by atoms with E-state index < -0.39 is 15.9 Å². The van der Waals surface area contributed by atoms with Crippen molar-refractivity contribution in [3.8, 4) is 0 Å². The summed E-state index contributed by atoms with van der Waals surface area (Å²) in [6, 6.07) is 20.7. The first-order valence-corrected chi connectivity index (χ1v) is 11.2. The predicted molar refractivity (Wildman–Crippen MR) is 120 cm³/mol. The van der Waals surface area contributed by atoms with Crippen LogP contribution in [0, 0.1) is 13.8 Å². The Kier molecular flexibility index (Phi) is 6.80. The van der Waals surface area contributed by atoms with Crippen molar-refractivity contribution < 1.29 is 13.2 Å². The van der Waals surface area contributed by atoms with Crippen molar-refractivity contribution in [3.63, 3.8) is 0 Å². The van der Waals surface area contributed by atoms with Crippen LogP contribution in [0.25, 0.3) is 0 Å². The minimum Gasteiger partial charge on any atom is -0.350 e. The highest BCUT2D eigenvalue weighted by atomic mass is 35.5. The summed E-state index contributed by atoms with van der Waals surface area (Å²) in [5.41, 5.74) is 3.48. The number of halogens is 1. The van der Waals surface area contributed by atoms with Crippen LogP contribution in [0.2, 0.25) is 5.02 Å². The SMILES string of the molecule is Cc1ccc(CNC(=O)CN(c2ccc(C)cc2)S(=O)(=O)c2ccc(Cl)cc2)cc1. The lowest BCUT2D eigenvalue weighted by Gasteiger charge is -2.24. The normalized spacial score (nSPS) is 11.2. The van der Waals surface area contributed by atoms with Crippen molar-refractivity contribution in [2.75, 3.05) is 10.8 Å². The number of amides is 1. The summed E-state index contributed by atoms with van der Waals surface area (Å²) in [6.07, 6.45) is 0. The molecule has 3 rings (SSSR count). The highest BCUT2D eigenvalue weighted by Crippen LogP contribution is 2.25. The van der Waals surface area contributed by atoms with Crippen molar-refractivity contribution in [2.45, 2.75) is 25.3 Å². The van der Waals surface area contributed by atoms with Crippen LogP contribution in [-0.4, -0.2) is 20.9 Å². The fourth-order valence-electron chi connectivity index (χ4n) is 2.85. The largest absolute Gasteiger partial charge is 0.350 e. The van der Waals surface area contributed by atoms with Gasteiger partial charge in [-0.25, -0.2) is 8.42 Å². The predicted octanol–water partition coefficient (Wildman–Crippen LogP) is 4.47. The second kappa shape index (κ2) is 9.32. The number of hydrogen-bond donors (Lipinski definition) is 1. The van der Waals surface area contributed by atoms with E-state index in [4.69, 9.17) is 11.6 Å². The molecule has 0 fully saturated rings. The number of rotatable bonds is 7. The van der Waals surface area contributed by atoms with E-state index in [0.29, 0.717) is 17.3 Å². The molecule has 0 aliphatic rings. The van der Waals surface area contributed by atoms with E-state index in [0.717, 1.165) is 21.0 Å². The summed E-state index contributed by atoms with van der Waals surface area (Å²) in [7, 11) is -3.95. The average molecular weight is 443 g/mol. The van der Waals surface area contributed by atoms with E-state index in [-0.39, 0.29) is 11.4 Å². The molecule has 0 unspecified atom stereocenters. The van der Waals surface area contributed by atoms with Crippen LogP contribution in [0.4, 0.5) is 5.69 Å². The fraction of sp³-hybridized carbons (Fsp3) is 0.174. The molecule has 0 aliphatic carbocycles. The molecule has 3 aromatic carbocycles. The Balaban J connectivity index is 1.84. The van der Waals surface area contributed by atoms with Crippen LogP contribution in [0.15, 0.2) is 77.7 Å². The van der Waals surface area contributed by atoms with Crippen LogP contribution >= 0.6 is 11.6 Å². The number of hydrogen-bond acceptors (Lipinski definition) is 3. The highest BCUT2D eigenvalue weighted by Gasteiger charge is 2.27. The van der Waals surface area contributed by atoms with Crippen molar-refractivity contribution in [1.82, 2.24) is 5.32 Å². The van der Waals surface area contributed by atoms with Gasteiger partial charge in [0, 0.05) is 11.6 Å². The van der Waals surface area contributed by atoms with Crippen LogP contribution in [0.5, 0.6) is 0 Å². The van der Waals surface area contributed by atoms with Gasteiger partial charge in [0.2, 0.25) is 5.91 Å². The number of benzene rings is 3. The van der Waals surface area contributed by atoms with E-state index in [1.807, 2.05) is 50.2 Å². The third-order valence-electron chi connectivity index (χ3n) is 4.62. The van der Waals surface area contributed by atoms with Gasteiger partial charge in [0.15, 0.2) is 0 Å². The van der Waals surface area contributed by atoms with Gasteiger partial charge >= 0.3 is 0 Å². The van der Waals surface area contributed by atoms with Crippen molar-refractivity contribution in [1.29, 1.82) is 0 Å². The minimum absolute atomic E-state index is 0.0683.